The van der Waals surface area contributed by atoms with Gasteiger partial charge in [0, 0.05) is 6.57 Å². The Labute approximate surface area is 37.2 Å². The zero-order valence-corrected chi connectivity index (χ0v) is 3.83. The van der Waals surface area contributed by atoms with E-state index in [2.05, 4.69) is 18.8 Å². The summed E-state index contributed by atoms with van der Waals surface area (Å²) in [6.07, 6.45) is 0. The summed E-state index contributed by atoms with van der Waals surface area (Å²) in [6, 6.07) is 0. The van der Waals surface area contributed by atoms with Gasteiger partial charge in [0.1, 0.15) is 0 Å². The number of nitrogens with zero attached hydrogens (tertiary/aromatic N) is 1. The van der Waals surface area contributed by atoms with Gasteiger partial charge in [-0.3, -0.25) is 0 Å². The minimum atomic E-state index is 1.58. The normalized spacial score (nSPS) is 3.00. The second-order valence-electron chi connectivity index (χ2n) is 0.236. The molecule has 0 N–H and O–H groups in total. The van der Waals surface area contributed by atoms with Crippen molar-refractivity contribution in [3.8, 4) is 6.57 Å². The van der Waals surface area contributed by atoms with Crippen molar-refractivity contribution in [3.63, 3.8) is 0 Å². The predicted molar refractivity (Wildman–Crippen MR) is 26.0 cm³/mol. The lowest BCUT2D eigenvalue weighted by molar-refractivity contribution is 1.58. The van der Waals surface area contributed by atoms with Crippen molar-refractivity contribution in [2.75, 3.05) is 0 Å². The molecule has 1 nitrogen and oxygen atoms in total. The van der Waals surface area contributed by atoms with Gasteiger partial charge in [0.05, 0.1) is 0 Å². The fraction of sp³-hybridized carbons (Fsp3) is 0.333. The molecule has 0 saturated carbocycles. The van der Waals surface area contributed by atoms with Gasteiger partial charge in [-0.15, -0.1) is 0 Å². The summed E-state index contributed by atoms with van der Waals surface area (Å²) in [7, 11) is 0. The van der Waals surface area contributed by atoms with Crippen LogP contribution in [0.3, 0.4) is 0 Å². The van der Waals surface area contributed by atoms with Gasteiger partial charge in [-0.25, -0.2) is 5.26 Å². The molecule has 0 amide bonds. The second-order valence-corrected chi connectivity index (χ2v) is 0.707. The van der Waals surface area contributed by atoms with Crippen LogP contribution in [0.5, 0.6) is 0 Å². The van der Waals surface area contributed by atoms with Crippen LogP contribution in [0.1, 0.15) is 6.92 Å². The fourth-order valence-electron chi connectivity index (χ4n) is 0. The van der Waals surface area contributed by atoms with E-state index in [1.165, 1.54) is 0 Å². The Hall–Kier alpha value is -0.420. The highest BCUT2D eigenvalue weighted by Crippen LogP contribution is 1.32. The van der Waals surface area contributed by atoms with Crippen LogP contribution in [0, 0.1) is 11.8 Å². The standard InChI is InChI=1S/C2H4S.CHN/c1-2-3;1-2/h2H,1H3;1H. The van der Waals surface area contributed by atoms with E-state index in [1.807, 2.05) is 6.92 Å². The molecule has 0 aromatic rings. The molecule has 28 valence electrons. The maximum absolute atomic E-state index is 6.50. The van der Waals surface area contributed by atoms with Crippen molar-refractivity contribution in [2.45, 2.75) is 6.92 Å². The first-order valence-electron chi connectivity index (χ1n) is 1.07. The van der Waals surface area contributed by atoms with Crippen LogP contribution in [0.2, 0.25) is 0 Å². The molecule has 5 heavy (non-hydrogen) atoms. The quantitative estimate of drug-likeness (QED) is 0.414. The van der Waals surface area contributed by atoms with Gasteiger partial charge in [0.25, 0.3) is 0 Å². The Bertz CT molecular complexity index is 31.1. The Morgan fingerprint density at radius 2 is 1.80 bits per heavy atom. The van der Waals surface area contributed by atoms with E-state index in [-0.39, 0.29) is 0 Å². The lowest BCUT2D eigenvalue weighted by Crippen LogP contribution is -1.26. The van der Waals surface area contributed by atoms with E-state index >= 15 is 0 Å². The van der Waals surface area contributed by atoms with Crippen LogP contribution in [-0.2, 0) is 0 Å². The maximum Gasteiger partial charge on any atom is 0.0462 e. The van der Waals surface area contributed by atoms with Gasteiger partial charge in [-0.1, -0.05) is 12.2 Å². The van der Waals surface area contributed by atoms with Gasteiger partial charge in [0.15, 0.2) is 0 Å². The molecule has 0 aromatic heterocycles. The molecule has 0 aliphatic heterocycles. The largest absolute Gasteiger partial charge is 0.202 e. The van der Waals surface area contributed by atoms with E-state index < -0.39 is 0 Å². The fourth-order valence-corrected chi connectivity index (χ4v) is 0. The van der Waals surface area contributed by atoms with E-state index in [0.717, 1.165) is 0 Å². The molecular formula is C3H5NS. The Morgan fingerprint density at radius 3 is 1.80 bits per heavy atom. The van der Waals surface area contributed by atoms with Gasteiger partial charge in [0.2, 0.25) is 0 Å². The smallest absolute Gasteiger partial charge is 0.0462 e. The molecule has 2 heteroatoms. The number of nitriles is 1. The Morgan fingerprint density at radius 1 is 1.80 bits per heavy atom. The number of hydrogen-bond donors (Lipinski definition) is 0. The molecule has 0 rings (SSSR count). The third-order valence-electron chi connectivity index (χ3n) is 0. The average molecular weight is 87.1 g/mol. The molecule has 0 heterocycles. The first-order valence-corrected chi connectivity index (χ1v) is 1.54. The van der Waals surface area contributed by atoms with Crippen LogP contribution in [0.25, 0.3) is 0 Å². The van der Waals surface area contributed by atoms with Crippen molar-refractivity contribution in [3.05, 3.63) is 0 Å². The molecule has 0 bridgehead atoms. The molecule has 0 aliphatic rings. The number of hydrogen-bond acceptors (Lipinski definition) is 2. The third-order valence-corrected chi connectivity index (χ3v) is 0. The van der Waals surface area contributed by atoms with Gasteiger partial charge in [-0.05, 0) is 12.3 Å². The van der Waals surface area contributed by atoms with E-state index in [0.29, 0.717) is 0 Å². The lowest BCUT2D eigenvalue weighted by atomic mass is 11.0. The van der Waals surface area contributed by atoms with Crippen molar-refractivity contribution < 1.29 is 0 Å². The SMILES string of the molecule is C#N.CC=S. The molecule has 0 aromatic carbocycles. The lowest BCUT2D eigenvalue weighted by Gasteiger charge is -1.26. The molecule has 0 saturated heterocycles. The first kappa shape index (κ1) is 8.82. The van der Waals surface area contributed by atoms with Gasteiger partial charge >= 0.3 is 0 Å². The van der Waals surface area contributed by atoms with Crippen LogP contribution in [0.15, 0.2) is 0 Å². The Balaban J connectivity index is 0. The summed E-state index contributed by atoms with van der Waals surface area (Å²) in [5, 5.41) is 8.08. The summed E-state index contributed by atoms with van der Waals surface area (Å²) in [6.45, 7) is 5.31. The zero-order chi connectivity index (χ0) is 4.71. The van der Waals surface area contributed by atoms with Crippen LogP contribution in [-0.4, -0.2) is 5.37 Å². The summed E-state index contributed by atoms with van der Waals surface area (Å²) in [5.41, 5.74) is 0. The molecule has 0 aliphatic carbocycles. The van der Waals surface area contributed by atoms with E-state index in [4.69, 9.17) is 5.26 Å². The second kappa shape index (κ2) is 70.8. The molecule has 0 fully saturated rings. The van der Waals surface area contributed by atoms with Crippen molar-refractivity contribution in [1.29, 1.82) is 5.26 Å². The highest BCUT2D eigenvalue weighted by atomic mass is 32.1. The van der Waals surface area contributed by atoms with Crippen LogP contribution < -0.4 is 0 Å². The maximum atomic E-state index is 6.50. The van der Waals surface area contributed by atoms with Gasteiger partial charge in [-0.2, -0.15) is 0 Å². The topological polar surface area (TPSA) is 23.8 Å². The highest BCUT2D eigenvalue weighted by Gasteiger charge is 1.19. The molecule has 0 radical (unpaired) electrons. The zero-order valence-electron chi connectivity index (χ0n) is 3.01. The molecule has 0 unspecified atom stereocenters. The average Bonchev–Trinajstić information content (AvgIpc) is 1.46. The third kappa shape index (κ3) is 50.7. The van der Waals surface area contributed by atoms with E-state index in [1.54, 1.807) is 5.37 Å². The number of rotatable bonds is 0. The number of thiocarbonyl (C=S) groups is 1. The van der Waals surface area contributed by atoms with Crippen molar-refractivity contribution >= 4 is 17.6 Å². The summed E-state index contributed by atoms with van der Waals surface area (Å²) in [4.78, 5) is 0. The van der Waals surface area contributed by atoms with Crippen molar-refractivity contribution in [2.24, 2.45) is 0 Å². The van der Waals surface area contributed by atoms with E-state index in [9.17, 15) is 0 Å². The van der Waals surface area contributed by atoms with Crippen LogP contribution in [0.4, 0.5) is 0 Å². The first-order chi connectivity index (χ1) is 2.41. The minimum Gasteiger partial charge on any atom is -0.202 e. The monoisotopic (exact) mass is 87.0 g/mol. The van der Waals surface area contributed by atoms with Gasteiger partial charge < -0.3 is 0 Å². The highest BCUT2D eigenvalue weighted by molar-refractivity contribution is 7.78. The molecule has 0 spiro atoms. The summed E-state index contributed by atoms with van der Waals surface area (Å²) in [5.74, 6) is 0. The Kier molecular flexibility index (Phi) is 125. The van der Waals surface area contributed by atoms with Crippen LogP contribution >= 0.6 is 12.2 Å². The molecular weight excluding hydrogens is 82.1 g/mol. The molecule has 0 atom stereocenters. The van der Waals surface area contributed by atoms with Crippen molar-refractivity contribution in [1.82, 2.24) is 0 Å². The predicted octanol–water partition coefficient (Wildman–Crippen LogP) is 1.15. The summed E-state index contributed by atoms with van der Waals surface area (Å²) >= 11 is 4.27. The summed E-state index contributed by atoms with van der Waals surface area (Å²) < 4.78 is 0. The minimum absolute atomic E-state index is 1.58.